The number of aromatic nitrogens is 2. The monoisotopic (exact) mass is 357 g/mol. The minimum atomic E-state index is -0.301. The van der Waals surface area contributed by atoms with Gasteiger partial charge in [-0.15, -0.1) is 0 Å². The zero-order valence-corrected chi connectivity index (χ0v) is 13.3. The van der Waals surface area contributed by atoms with Crippen molar-refractivity contribution in [2.45, 2.75) is 12.1 Å². The van der Waals surface area contributed by atoms with E-state index in [0.29, 0.717) is 21.3 Å². The average molecular weight is 358 g/mol. The molecule has 0 amide bonds. The molecule has 2 rings (SSSR count). The predicted octanol–water partition coefficient (Wildman–Crippen LogP) is 3.44. The lowest BCUT2D eigenvalue weighted by Gasteiger charge is -2.11. The second-order valence-electron chi connectivity index (χ2n) is 3.98. The van der Waals surface area contributed by atoms with Crippen LogP contribution in [0, 0.1) is 12.7 Å². The van der Waals surface area contributed by atoms with Crippen molar-refractivity contribution in [2.24, 2.45) is 5.84 Å². The first kappa shape index (κ1) is 15.0. The summed E-state index contributed by atoms with van der Waals surface area (Å²) < 4.78 is 13.8. The van der Waals surface area contributed by atoms with Crippen LogP contribution in [0.1, 0.15) is 5.56 Å². The van der Waals surface area contributed by atoms with Gasteiger partial charge in [0.1, 0.15) is 17.5 Å². The zero-order valence-electron chi connectivity index (χ0n) is 10.9. The highest BCUT2D eigenvalue weighted by Gasteiger charge is 2.08. The van der Waals surface area contributed by atoms with Gasteiger partial charge in [0.2, 0.25) is 0 Å². The summed E-state index contributed by atoms with van der Waals surface area (Å²) in [7, 11) is 0. The van der Waals surface area contributed by atoms with Gasteiger partial charge in [-0.3, -0.25) is 0 Å². The van der Waals surface area contributed by atoms with Gasteiger partial charge in [0.15, 0.2) is 5.16 Å². The van der Waals surface area contributed by atoms with Crippen molar-refractivity contribution in [1.82, 2.24) is 9.97 Å². The van der Waals surface area contributed by atoms with Crippen LogP contribution in [-0.4, -0.2) is 16.2 Å². The Bertz CT molecular complexity index is 615. The molecule has 4 N–H and O–H groups in total. The molecule has 0 unspecified atom stereocenters. The number of anilines is 3. The fourth-order valence-electron chi connectivity index (χ4n) is 1.57. The Kier molecular flexibility index (Phi) is 4.79. The summed E-state index contributed by atoms with van der Waals surface area (Å²) in [6.45, 7) is 1.82. The Morgan fingerprint density at radius 1 is 1.25 bits per heavy atom. The summed E-state index contributed by atoms with van der Waals surface area (Å²) in [6, 6.07) is 4.79. The topological polar surface area (TPSA) is 75.9 Å². The summed E-state index contributed by atoms with van der Waals surface area (Å²) in [6.07, 6.45) is 1.87. The van der Waals surface area contributed by atoms with Crippen LogP contribution < -0.4 is 16.6 Å². The lowest BCUT2D eigenvalue weighted by molar-refractivity contribution is 0.620. The largest absolute Gasteiger partial charge is 0.340 e. The number of thioether (sulfide) groups is 1. The van der Waals surface area contributed by atoms with Crippen molar-refractivity contribution in [2.75, 3.05) is 17.0 Å². The minimum Gasteiger partial charge on any atom is -0.340 e. The molecule has 5 nitrogen and oxygen atoms in total. The Labute approximate surface area is 128 Å². The van der Waals surface area contributed by atoms with E-state index in [4.69, 9.17) is 5.84 Å². The Balaban J connectivity index is 2.36. The highest BCUT2D eigenvalue weighted by Crippen LogP contribution is 2.27. The smallest absolute Gasteiger partial charge is 0.191 e. The highest BCUT2D eigenvalue weighted by molar-refractivity contribution is 9.10. The molecule has 0 radical (unpaired) electrons. The Hall–Kier alpha value is -1.38. The Morgan fingerprint density at radius 2 is 1.95 bits per heavy atom. The van der Waals surface area contributed by atoms with Gasteiger partial charge in [-0.2, -0.15) is 0 Å². The fourth-order valence-corrected chi connectivity index (χ4v) is 2.30. The molecule has 0 fully saturated rings. The second-order valence-corrected chi connectivity index (χ2v) is 5.60. The minimum absolute atomic E-state index is 0.301. The lowest BCUT2D eigenvalue weighted by atomic mass is 10.2. The van der Waals surface area contributed by atoms with Crippen LogP contribution in [0.3, 0.4) is 0 Å². The van der Waals surface area contributed by atoms with Gasteiger partial charge in [-0.05, 0) is 46.8 Å². The van der Waals surface area contributed by atoms with E-state index in [1.807, 2.05) is 13.2 Å². The van der Waals surface area contributed by atoms with Crippen molar-refractivity contribution < 1.29 is 4.39 Å². The van der Waals surface area contributed by atoms with Gasteiger partial charge >= 0.3 is 0 Å². The molecular formula is C12H13BrFN5S. The van der Waals surface area contributed by atoms with E-state index in [-0.39, 0.29) is 5.82 Å². The summed E-state index contributed by atoms with van der Waals surface area (Å²) in [4.78, 5) is 8.50. The van der Waals surface area contributed by atoms with Gasteiger partial charge in [0, 0.05) is 11.8 Å². The van der Waals surface area contributed by atoms with Crippen molar-refractivity contribution in [3.63, 3.8) is 0 Å². The summed E-state index contributed by atoms with van der Waals surface area (Å²) in [5, 5.41) is 3.72. The maximum absolute atomic E-state index is 13.4. The van der Waals surface area contributed by atoms with Gasteiger partial charge in [-0.25, -0.2) is 20.2 Å². The first-order valence-corrected chi connectivity index (χ1v) is 7.67. The average Bonchev–Trinajstić information content (AvgIpc) is 2.44. The van der Waals surface area contributed by atoms with Gasteiger partial charge in [-0.1, -0.05) is 11.8 Å². The van der Waals surface area contributed by atoms with Crippen LogP contribution in [0.15, 0.2) is 27.8 Å². The maximum atomic E-state index is 13.4. The normalized spacial score (nSPS) is 10.4. The van der Waals surface area contributed by atoms with Gasteiger partial charge < -0.3 is 10.7 Å². The zero-order chi connectivity index (χ0) is 14.7. The Morgan fingerprint density at radius 3 is 2.60 bits per heavy atom. The number of hydrogen-bond donors (Lipinski definition) is 3. The third-order valence-corrected chi connectivity index (χ3v) is 3.72. The van der Waals surface area contributed by atoms with Crippen LogP contribution in [0.5, 0.6) is 0 Å². The number of nitrogens with zero attached hydrogens (tertiary/aromatic N) is 2. The lowest BCUT2D eigenvalue weighted by Crippen LogP contribution is -2.10. The van der Waals surface area contributed by atoms with Crippen LogP contribution in [0.4, 0.5) is 21.7 Å². The van der Waals surface area contributed by atoms with Crippen molar-refractivity contribution in [1.29, 1.82) is 0 Å². The van der Waals surface area contributed by atoms with E-state index < -0.39 is 0 Å². The van der Waals surface area contributed by atoms with Crippen LogP contribution in [0.25, 0.3) is 0 Å². The molecule has 0 bridgehead atoms. The molecule has 0 aliphatic carbocycles. The number of nitrogens with two attached hydrogens (primary N) is 1. The standard InChI is InChI=1S/C12H13BrFN5S/c1-6-3-8(14)7(13)4-9(6)16-10-5-11(19-15)18-12(17-10)20-2/h3-5H,15H2,1-2H3,(H2,16,17,18,19). The van der Waals surface area contributed by atoms with Gasteiger partial charge in [0.25, 0.3) is 0 Å². The molecule has 8 heteroatoms. The molecule has 2 aromatic rings. The molecule has 0 aliphatic heterocycles. The molecule has 0 aliphatic rings. The third-order valence-electron chi connectivity index (χ3n) is 2.57. The molecular weight excluding hydrogens is 345 g/mol. The first-order chi connectivity index (χ1) is 9.53. The predicted molar refractivity (Wildman–Crippen MR) is 83.7 cm³/mol. The highest BCUT2D eigenvalue weighted by atomic mass is 79.9. The molecule has 0 saturated carbocycles. The van der Waals surface area contributed by atoms with Crippen molar-refractivity contribution in [3.05, 3.63) is 34.1 Å². The molecule has 20 heavy (non-hydrogen) atoms. The number of hydrazine groups is 1. The third kappa shape index (κ3) is 3.38. The first-order valence-electron chi connectivity index (χ1n) is 5.66. The quantitative estimate of drug-likeness (QED) is 0.337. The van der Waals surface area contributed by atoms with E-state index in [1.165, 1.54) is 17.8 Å². The number of nitrogens with one attached hydrogen (secondary N) is 2. The number of benzene rings is 1. The number of nitrogen functional groups attached to an aromatic ring is 1. The number of hydrogen-bond acceptors (Lipinski definition) is 6. The van der Waals surface area contributed by atoms with E-state index in [0.717, 1.165) is 11.3 Å². The second kappa shape index (κ2) is 6.38. The van der Waals surface area contributed by atoms with E-state index in [1.54, 1.807) is 12.1 Å². The molecule has 1 heterocycles. The SMILES string of the molecule is CSc1nc(NN)cc(Nc2cc(Br)c(F)cc2C)n1. The van der Waals surface area contributed by atoms with E-state index in [2.05, 4.69) is 36.6 Å². The van der Waals surface area contributed by atoms with Crippen molar-refractivity contribution >= 4 is 45.0 Å². The number of aryl methyl sites for hydroxylation is 1. The molecule has 1 aromatic carbocycles. The molecule has 106 valence electrons. The van der Waals surface area contributed by atoms with E-state index >= 15 is 0 Å². The molecule has 1 aromatic heterocycles. The van der Waals surface area contributed by atoms with E-state index in [9.17, 15) is 4.39 Å². The van der Waals surface area contributed by atoms with Crippen molar-refractivity contribution in [3.8, 4) is 0 Å². The maximum Gasteiger partial charge on any atom is 0.191 e. The van der Waals surface area contributed by atoms with Crippen LogP contribution in [-0.2, 0) is 0 Å². The summed E-state index contributed by atoms with van der Waals surface area (Å²) in [5.74, 6) is 6.16. The fraction of sp³-hybridized carbons (Fsp3) is 0.167. The number of rotatable bonds is 4. The summed E-state index contributed by atoms with van der Waals surface area (Å²) >= 11 is 4.57. The molecule has 0 atom stereocenters. The van der Waals surface area contributed by atoms with Gasteiger partial charge in [0.05, 0.1) is 4.47 Å². The van der Waals surface area contributed by atoms with Crippen LogP contribution in [0.2, 0.25) is 0 Å². The summed E-state index contributed by atoms with van der Waals surface area (Å²) in [5.41, 5.74) is 4.02. The molecule has 0 spiro atoms. The van der Waals surface area contributed by atoms with Crippen LogP contribution >= 0.6 is 27.7 Å². The molecule has 0 saturated heterocycles. The number of halogens is 2.